The fraction of sp³-hybridized carbons (Fsp3) is 0.538. The van der Waals surface area contributed by atoms with E-state index in [2.05, 4.69) is 111 Å². The van der Waals surface area contributed by atoms with Crippen molar-refractivity contribution in [2.75, 3.05) is 0 Å². The smallest absolute Gasteiger partial charge is 0.403 e. The van der Waals surface area contributed by atoms with Gasteiger partial charge < -0.3 is 18.6 Å². The SMILES string of the molecule is Cc1cccc(C(B2OC(C)(C)C(C)(C)O2)(B2OC(C)(C)C(C)(C)O2)c2ccccc2)c1. The van der Waals surface area contributed by atoms with E-state index in [-0.39, 0.29) is 0 Å². The lowest BCUT2D eigenvalue weighted by atomic mass is 9.34. The highest BCUT2D eigenvalue weighted by molar-refractivity contribution is 6.72. The second kappa shape index (κ2) is 7.46. The van der Waals surface area contributed by atoms with Gasteiger partial charge in [0.05, 0.1) is 27.6 Å². The fourth-order valence-corrected chi connectivity index (χ4v) is 4.50. The highest BCUT2D eigenvalue weighted by atomic mass is 16.7. The Kier molecular flexibility index (Phi) is 5.49. The fourth-order valence-electron chi connectivity index (χ4n) is 4.50. The third-order valence-corrected chi connectivity index (χ3v) is 8.00. The van der Waals surface area contributed by atoms with Crippen LogP contribution in [-0.2, 0) is 23.8 Å². The van der Waals surface area contributed by atoms with E-state index in [1.807, 2.05) is 6.07 Å². The molecule has 2 aliphatic heterocycles. The molecule has 2 fully saturated rings. The van der Waals surface area contributed by atoms with E-state index < -0.39 is 41.9 Å². The summed E-state index contributed by atoms with van der Waals surface area (Å²) < 4.78 is 27.0. The van der Waals surface area contributed by atoms with E-state index in [4.69, 9.17) is 18.6 Å². The highest BCUT2D eigenvalue weighted by Crippen LogP contribution is 2.52. The van der Waals surface area contributed by atoms with Crippen LogP contribution in [0.15, 0.2) is 54.6 Å². The summed E-state index contributed by atoms with van der Waals surface area (Å²) in [6.45, 7) is 18.8. The lowest BCUT2D eigenvalue weighted by Gasteiger charge is -2.38. The zero-order valence-electron chi connectivity index (χ0n) is 21.0. The maximum atomic E-state index is 6.74. The molecular weight excluding hydrogens is 398 g/mol. The molecule has 0 atom stereocenters. The Morgan fingerprint density at radius 3 is 1.38 bits per heavy atom. The van der Waals surface area contributed by atoms with Gasteiger partial charge in [-0.3, -0.25) is 0 Å². The van der Waals surface area contributed by atoms with Crippen molar-refractivity contribution in [1.82, 2.24) is 0 Å². The number of benzene rings is 2. The van der Waals surface area contributed by atoms with Gasteiger partial charge in [-0.05, 0) is 73.4 Å². The van der Waals surface area contributed by atoms with E-state index in [1.54, 1.807) is 0 Å². The van der Waals surface area contributed by atoms with Crippen LogP contribution in [0.4, 0.5) is 0 Å². The van der Waals surface area contributed by atoms with Crippen LogP contribution in [0, 0.1) is 6.92 Å². The van der Waals surface area contributed by atoms with Gasteiger partial charge in [-0.2, -0.15) is 0 Å². The molecule has 6 heteroatoms. The molecule has 0 unspecified atom stereocenters. The lowest BCUT2D eigenvalue weighted by molar-refractivity contribution is 0.00578. The van der Waals surface area contributed by atoms with Crippen molar-refractivity contribution in [1.29, 1.82) is 0 Å². The summed E-state index contributed by atoms with van der Waals surface area (Å²) in [5, 5.41) is -0.830. The Hall–Kier alpha value is -1.59. The molecule has 4 nitrogen and oxygen atoms in total. The molecule has 0 spiro atoms. The first kappa shape index (κ1) is 23.6. The first-order valence-corrected chi connectivity index (χ1v) is 11.6. The quantitative estimate of drug-likeness (QED) is 0.592. The maximum Gasteiger partial charge on any atom is 0.471 e. The van der Waals surface area contributed by atoms with E-state index >= 15 is 0 Å². The Balaban J connectivity index is 2.01. The Morgan fingerprint density at radius 1 is 0.562 bits per heavy atom. The number of aryl methyl sites for hydroxylation is 1. The molecule has 0 aromatic heterocycles. The molecule has 2 saturated heterocycles. The van der Waals surface area contributed by atoms with E-state index in [1.165, 1.54) is 0 Å². The van der Waals surface area contributed by atoms with Crippen molar-refractivity contribution in [3.63, 3.8) is 0 Å². The summed E-state index contributed by atoms with van der Waals surface area (Å²) in [4.78, 5) is 0. The summed E-state index contributed by atoms with van der Waals surface area (Å²) in [6, 6.07) is 18.9. The predicted molar refractivity (Wildman–Crippen MR) is 131 cm³/mol. The van der Waals surface area contributed by atoms with Gasteiger partial charge in [-0.15, -0.1) is 0 Å². The van der Waals surface area contributed by atoms with Gasteiger partial charge in [0.2, 0.25) is 0 Å². The molecule has 170 valence electrons. The van der Waals surface area contributed by atoms with Gasteiger partial charge in [-0.25, -0.2) is 0 Å². The van der Waals surface area contributed by atoms with Gasteiger partial charge in [0.1, 0.15) is 0 Å². The van der Waals surface area contributed by atoms with Gasteiger partial charge in [0, 0.05) is 0 Å². The monoisotopic (exact) mass is 434 g/mol. The van der Waals surface area contributed by atoms with Crippen LogP contribution < -0.4 is 0 Å². The van der Waals surface area contributed by atoms with Crippen molar-refractivity contribution < 1.29 is 18.6 Å². The molecule has 0 radical (unpaired) electrons. The normalized spacial score (nSPS) is 23.5. The van der Waals surface area contributed by atoms with Crippen molar-refractivity contribution >= 4 is 14.2 Å². The molecule has 2 aromatic rings. The summed E-state index contributed by atoms with van der Waals surface area (Å²) in [5.74, 6) is 0. The van der Waals surface area contributed by atoms with Crippen molar-refractivity contribution in [2.45, 2.75) is 89.9 Å². The number of hydrogen-bond acceptors (Lipinski definition) is 4. The minimum Gasteiger partial charge on any atom is -0.403 e. The van der Waals surface area contributed by atoms with Crippen LogP contribution in [-0.4, -0.2) is 36.6 Å². The highest BCUT2D eigenvalue weighted by Gasteiger charge is 2.70. The molecule has 2 aromatic carbocycles. The predicted octanol–water partition coefficient (Wildman–Crippen LogP) is 5.54. The lowest BCUT2D eigenvalue weighted by Crippen LogP contribution is -2.59. The minimum absolute atomic E-state index is 0.495. The van der Waals surface area contributed by atoms with Crippen LogP contribution in [0.25, 0.3) is 0 Å². The van der Waals surface area contributed by atoms with E-state index in [0.29, 0.717) is 0 Å². The van der Waals surface area contributed by atoms with Crippen molar-refractivity contribution in [3.05, 3.63) is 71.3 Å². The molecule has 32 heavy (non-hydrogen) atoms. The molecule has 0 aliphatic carbocycles. The summed E-state index contributed by atoms with van der Waals surface area (Å²) in [7, 11) is -1.21. The zero-order chi connectivity index (χ0) is 23.6. The largest absolute Gasteiger partial charge is 0.471 e. The summed E-state index contributed by atoms with van der Waals surface area (Å²) in [5.41, 5.74) is 1.28. The van der Waals surface area contributed by atoms with Gasteiger partial charge >= 0.3 is 14.2 Å². The second-order valence-corrected chi connectivity index (χ2v) is 11.3. The topological polar surface area (TPSA) is 36.9 Å². The second-order valence-electron chi connectivity index (χ2n) is 11.3. The minimum atomic E-state index is -0.830. The molecule has 0 saturated carbocycles. The number of rotatable bonds is 4. The third kappa shape index (κ3) is 3.47. The molecule has 0 bridgehead atoms. The molecule has 0 N–H and O–H groups in total. The first-order valence-electron chi connectivity index (χ1n) is 11.6. The van der Waals surface area contributed by atoms with E-state index in [9.17, 15) is 0 Å². The van der Waals surface area contributed by atoms with Crippen molar-refractivity contribution in [3.8, 4) is 0 Å². The summed E-state index contributed by atoms with van der Waals surface area (Å²) in [6.07, 6.45) is 0. The molecular formula is C26H36B2O4. The Labute approximate surface area is 194 Å². The van der Waals surface area contributed by atoms with Crippen LogP contribution in [0.3, 0.4) is 0 Å². The van der Waals surface area contributed by atoms with Gasteiger partial charge in [0.25, 0.3) is 0 Å². The standard InChI is InChI=1S/C26H36B2O4/c1-19-14-13-17-21(18-19)26(20-15-11-10-12-16-20,27-29-22(2,3)23(4,5)30-27)28-31-24(6,7)25(8,9)32-28/h10-18H,1-9H3. The number of hydrogen-bond donors (Lipinski definition) is 0. The Bertz CT molecular complexity index is 916. The molecule has 0 amide bonds. The Morgan fingerprint density at radius 2 is 0.969 bits per heavy atom. The average molecular weight is 434 g/mol. The van der Waals surface area contributed by atoms with Crippen molar-refractivity contribution in [2.24, 2.45) is 0 Å². The summed E-state index contributed by atoms with van der Waals surface area (Å²) >= 11 is 0. The van der Waals surface area contributed by atoms with Crippen LogP contribution in [0.5, 0.6) is 0 Å². The van der Waals surface area contributed by atoms with Gasteiger partial charge in [0.15, 0.2) is 0 Å². The van der Waals surface area contributed by atoms with Crippen LogP contribution in [0.2, 0.25) is 0 Å². The third-order valence-electron chi connectivity index (χ3n) is 8.00. The van der Waals surface area contributed by atoms with Crippen LogP contribution >= 0.6 is 0 Å². The first-order chi connectivity index (χ1) is 14.7. The van der Waals surface area contributed by atoms with E-state index in [0.717, 1.165) is 16.7 Å². The van der Waals surface area contributed by atoms with Crippen LogP contribution in [0.1, 0.15) is 72.1 Å². The molecule has 2 heterocycles. The average Bonchev–Trinajstić information content (AvgIpc) is 3.03. The maximum absolute atomic E-state index is 6.74. The molecule has 4 rings (SSSR count). The zero-order valence-corrected chi connectivity index (χ0v) is 21.0. The van der Waals surface area contributed by atoms with Gasteiger partial charge in [-0.1, -0.05) is 60.2 Å². The molecule has 2 aliphatic rings.